The third kappa shape index (κ3) is 3.07. The number of hydrogen-bond donors (Lipinski definition) is 2. The number of aromatic nitrogens is 2. The number of carbonyl (C=O) groups excluding carboxylic acids is 2. The molecular weight excluding hydrogens is 352 g/mol. The van der Waals surface area contributed by atoms with Gasteiger partial charge in [-0.05, 0) is 31.5 Å². The van der Waals surface area contributed by atoms with Crippen molar-refractivity contribution in [3.63, 3.8) is 0 Å². The summed E-state index contributed by atoms with van der Waals surface area (Å²) in [5, 5.41) is 10.3. The Morgan fingerprint density at radius 3 is 2.57 bits per heavy atom. The van der Waals surface area contributed by atoms with Crippen molar-refractivity contribution in [1.29, 1.82) is 0 Å². The molecule has 0 saturated heterocycles. The second-order valence-corrected chi connectivity index (χ2v) is 7.17. The van der Waals surface area contributed by atoms with Gasteiger partial charge in [0.05, 0.1) is 5.69 Å². The number of benzene rings is 2. The van der Waals surface area contributed by atoms with Crippen LogP contribution in [0.1, 0.15) is 38.7 Å². The van der Waals surface area contributed by atoms with Crippen LogP contribution in [0, 0.1) is 13.8 Å². The van der Waals surface area contributed by atoms with E-state index in [1.807, 2.05) is 62.4 Å². The lowest BCUT2D eigenvalue weighted by atomic mass is 9.82. The van der Waals surface area contributed by atoms with Gasteiger partial charge in [0.25, 0.3) is 5.91 Å². The molecular formula is C22H22N4O2. The Bertz CT molecular complexity index is 1060. The fraction of sp³-hybridized carbons (Fsp3) is 0.227. The number of amides is 2. The van der Waals surface area contributed by atoms with E-state index in [0.717, 1.165) is 22.4 Å². The van der Waals surface area contributed by atoms with Crippen molar-refractivity contribution in [2.45, 2.75) is 25.8 Å². The highest BCUT2D eigenvalue weighted by Gasteiger charge is 2.41. The first kappa shape index (κ1) is 18.0. The van der Waals surface area contributed by atoms with Crippen LogP contribution in [0.3, 0.4) is 0 Å². The maximum Gasteiger partial charge on any atom is 0.251 e. The Hall–Kier alpha value is -3.41. The molecule has 2 atom stereocenters. The van der Waals surface area contributed by atoms with Crippen molar-refractivity contribution in [1.82, 2.24) is 15.1 Å². The first-order valence-corrected chi connectivity index (χ1v) is 9.22. The van der Waals surface area contributed by atoms with Gasteiger partial charge in [0.2, 0.25) is 5.91 Å². The van der Waals surface area contributed by atoms with Crippen molar-refractivity contribution in [2.75, 3.05) is 5.32 Å². The molecule has 1 aliphatic rings. The predicted octanol–water partition coefficient (Wildman–Crippen LogP) is 2.92. The summed E-state index contributed by atoms with van der Waals surface area (Å²) in [6, 6.07) is 16.4. The Balaban J connectivity index is 1.77. The number of aryl methyl sites for hydroxylation is 3. The number of carbonyl (C=O) groups is 2. The van der Waals surface area contributed by atoms with E-state index in [4.69, 9.17) is 0 Å². The molecule has 0 fully saturated rings. The number of hydrogen-bond acceptors (Lipinski definition) is 3. The zero-order chi connectivity index (χ0) is 19.8. The standard InChI is InChI=1S/C22H22N4O2/c1-13-8-7-11-16(12-13)21(27)23-19-18(15-9-5-4-6-10-15)17-14(2)25-26(3)20(17)24-22(19)28/h4-12,18-19H,1-3H3,(H,23,27)(H,24,28)/t18-,19+/m1/s1. The summed E-state index contributed by atoms with van der Waals surface area (Å²) in [7, 11) is 1.81. The third-order valence-electron chi connectivity index (χ3n) is 5.16. The quantitative estimate of drug-likeness (QED) is 0.740. The number of nitrogens with one attached hydrogen (secondary N) is 2. The van der Waals surface area contributed by atoms with Gasteiger partial charge in [-0.15, -0.1) is 0 Å². The average molecular weight is 374 g/mol. The molecule has 2 heterocycles. The van der Waals surface area contributed by atoms with Crippen LogP contribution in [0.25, 0.3) is 0 Å². The highest BCUT2D eigenvalue weighted by molar-refractivity contribution is 6.03. The lowest BCUT2D eigenvalue weighted by Gasteiger charge is -2.32. The zero-order valence-corrected chi connectivity index (χ0v) is 16.1. The summed E-state index contributed by atoms with van der Waals surface area (Å²) in [6.45, 7) is 3.85. The van der Waals surface area contributed by atoms with Crippen LogP contribution >= 0.6 is 0 Å². The minimum Gasteiger partial charge on any atom is -0.339 e. The lowest BCUT2D eigenvalue weighted by Crippen LogP contribution is -2.50. The first-order valence-electron chi connectivity index (χ1n) is 9.22. The third-order valence-corrected chi connectivity index (χ3v) is 5.16. The van der Waals surface area contributed by atoms with Crippen molar-refractivity contribution >= 4 is 17.6 Å². The van der Waals surface area contributed by atoms with E-state index in [0.29, 0.717) is 11.4 Å². The van der Waals surface area contributed by atoms with Gasteiger partial charge in [-0.2, -0.15) is 5.10 Å². The van der Waals surface area contributed by atoms with Gasteiger partial charge in [-0.25, -0.2) is 0 Å². The molecule has 2 N–H and O–H groups in total. The second kappa shape index (κ2) is 6.96. The number of anilines is 1. The van der Waals surface area contributed by atoms with Gasteiger partial charge >= 0.3 is 0 Å². The van der Waals surface area contributed by atoms with Crippen LogP contribution in [-0.2, 0) is 11.8 Å². The monoisotopic (exact) mass is 374 g/mol. The Morgan fingerprint density at radius 2 is 1.86 bits per heavy atom. The van der Waals surface area contributed by atoms with Crippen LogP contribution in [0.5, 0.6) is 0 Å². The van der Waals surface area contributed by atoms with Crippen molar-refractivity contribution in [2.24, 2.45) is 7.05 Å². The smallest absolute Gasteiger partial charge is 0.251 e. The maximum absolute atomic E-state index is 13.0. The summed E-state index contributed by atoms with van der Waals surface area (Å²) in [5.74, 6) is -0.148. The average Bonchev–Trinajstić information content (AvgIpc) is 2.96. The summed E-state index contributed by atoms with van der Waals surface area (Å²) in [4.78, 5) is 25.8. The Labute approximate surface area is 163 Å². The molecule has 6 heteroatoms. The van der Waals surface area contributed by atoms with Crippen LogP contribution in [0.2, 0.25) is 0 Å². The molecule has 2 amide bonds. The zero-order valence-electron chi connectivity index (χ0n) is 16.1. The maximum atomic E-state index is 13.0. The van der Waals surface area contributed by atoms with Gasteiger partial charge in [-0.1, -0.05) is 48.0 Å². The van der Waals surface area contributed by atoms with Crippen LogP contribution < -0.4 is 10.6 Å². The van der Waals surface area contributed by atoms with E-state index < -0.39 is 6.04 Å². The van der Waals surface area contributed by atoms with Crippen molar-refractivity contribution in [3.8, 4) is 0 Å². The van der Waals surface area contributed by atoms with E-state index in [1.54, 1.807) is 17.8 Å². The molecule has 0 bridgehead atoms. The topological polar surface area (TPSA) is 76.0 Å². The lowest BCUT2D eigenvalue weighted by molar-refractivity contribution is -0.118. The molecule has 1 aromatic heterocycles. The van der Waals surface area contributed by atoms with Gasteiger partial charge < -0.3 is 10.6 Å². The van der Waals surface area contributed by atoms with Gasteiger partial charge in [0.1, 0.15) is 11.9 Å². The SMILES string of the molecule is Cc1cccc(C(=O)N[C@@H]2C(=O)Nc3c(c(C)nn3C)[C@H]2c2ccccc2)c1. The van der Waals surface area contributed by atoms with E-state index in [-0.39, 0.29) is 17.7 Å². The molecule has 0 radical (unpaired) electrons. The summed E-state index contributed by atoms with van der Waals surface area (Å²) < 4.78 is 1.68. The molecule has 2 aromatic carbocycles. The summed E-state index contributed by atoms with van der Waals surface area (Å²) in [5.41, 5.74) is 4.26. The van der Waals surface area contributed by atoms with E-state index in [1.165, 1.54) is 0 Å². The fourth-order valence-corrected chi connectivity index (χ4v) is 3.89. The molecule has 28 heavy (non-hydrogen) atoms. The molecule has 6 nitrogen and oxygen atoms in total. The molecule has 0 saturated carbocycles. The first-order chi connectivity index (χ1) is 13.5. The van der Waals surface area contributed by atoms with E-state index in [9.17, 15) is 9.59 Å². The number of fused-ring (bicyclic) bond motifs is 1. The highest BCUT2D eigenvalue weighted by Crippen LogP contribution is 2.39. The van der Waals surface area contributed by atoms with Crippen LogP contribution in [-0.4, -0.2) is 27.6 Å². The van der Waals surface area contributed by atoms with E-state index in [2.05, 4.69) is 15.7 Å². The van der Waals surface area contributed by atoms with Crippen molar-refractivity contribution < 1.29 is 9.59 Å². The second-order valence-electron chi connectivity index (χ2n) is 7.17. The fourth-order valence-electron chi connectivity index (χ4n) is 3.89. The van der Waals surface area contributed by atoms with Crippen LogP contribution in [0.15, 0.2) is 54.6 Å². The Morgan fingerprint density at radius 1 is 1.11 bits per heavy atom. The normalized spacial score (nSPS) is 18.3. The van der Waals surface area contributed by atoms with E-state index >= 15 is 0 Å². The minimum absolute atomic E-state index is 0.245. The molecule has 4 rings (SSSR count). The summed E-state index contributed by atoms with van der Waals surface area (Å²) >= 11 is 0. The molecule has 0 unspecified atom stereocenters. The molecule has 3 aromatic rings. The number of rotatable bonds is 3. The molecule has 0 spiro atoms. The van der Waals surface area contributed by atoms with Gasteiger partial charge in [0.15, 0.2) is 0 Å². The molecule has 142 valence electrons. The van der Waals surface area contributed by atoms with Gasteiger partial charge in [-0.3, -0.25) is 14.3 Å². The highest BCUT2D eigenvalue weighted by atomic mass is 16.2. The Kier molecular flexibility index (Phi) is 4.47. The van der Waals surface area contributed by atoms with Gasteiger partial charge in [0, 0.05) is 24.1 Å². The van der Waals surface area contributed by atoms with Crippen LogP contribution in [0.4, 0.5) is 5.82 Å². The molecule has 1 aliphatic heterocycles. The largest absolute Gasteiger partial charge is 0.339 e. The predicted molar refractivity (Wildman–Crippen MR) is 107 cm³/mol. The number of nitrogens with zero attached hydrogens (tertiary/aromatic N) is 2. The summed E-state index contributed by atoms with van der Waals surface area (Å²) in [6.07, 6.45) is 0. The molecule has 0 aliphatic carbocycles. The minimum atomic E-state index is -0.731. The van der Waals surface area contributed by atoms with Crippen molar-refractivity contribution in [3.05, 3.63) is 82.5 Å².